The summed E-state index contributed by atoms with van der Waals surface area (Å²) >= 11 is 0. The van der Waals surface area contributed by atoms with E-state index in [-0.39, 0.29) is 17.9 Å². The van der Waals surface area contributed by atoms with Gasteiger partial charge in [0, 0.05) is 19.1 Å². The van der Waals surface area contributed by atoms with E-state index in [0.717, 1.165) is 38.9 Å². The number of amides is 1. The molecular formula is C14H29N3O. The van der Waals surface area contributed by atoms with Gasteiger partial charge in [0.2, 0.25) is 5.91 Å². The number of nitrogens with zero attached hydrogens (tertiary/aromatic N) is 1. The van der Waals surface area contributed by atoms with Gasteiger partial charge in [-0.3, -0.25) is 4.79 Å². The maximum absolute atomic E-state index is 12.2. The standard InChI is InChI=1S/C14H29N3O/c1-11(2)8-13(10-17(3)4)16-14(18)12-6-5-7-15-9-12/h11-13,15H,5-10H2,1-4H3,(H,16,18)/t12-,13?/m0/s1. The SMILES string of the molecule is CC(C)CC(CN(C)C)NC(=O)[C@H]1CCCNC1. The van der Waals surface area contributed by atoms with Crippen molar-refractivity contribution < 1.29 is 4.79 Å². The molecule has 1 aliphatic heterocycles. The van der Waals surface area contributed by atoms with Crippen LogP contribution in [0.15, 0.2) is 0 Å². The van der Waals surface area contributed by atoms with Crippen LogP contribution < -0.4 is 10.6 Å². The molecule has 0 saturated carbocycles. The molecule has 4 nitrogen and oxygen atoms in total. The molecule has 1 aliphatic rings. The predicted octanol–water partition coefficient (Wildman–Crippen LogP) is 1.08. The minimum absolute atomic E-state index is 0.163. The molecule has 1 amide bonds. The van der Waals surface area contributed by atoms with Crippen LogP contribution in [0.3, 0.4) is 0 Å². The molecule has 0 radical (unpaired) electrons. The number of likely N-dealkylation sites (N-methyl/N-ethyl adjacent to an activating group) is 1. The van der Waals surface area contributed by atoms with E-state index >= 15 is 0 Å². The van der Waals surface area contributed by atoms with Gasteiger partial charge in [0.1, 0.15) is 0 Å². The average Bonchev–Trinajstić information content (AvgIpc) is 2.28. The molecule has 1 saturated heterocycles. The van der Waals surface area contributed by atoms with E-state index in [0.29, 0.717) is 5.92 Å². The third kappa shape index (κ3) is 5.83. The summed E-state index contributed by atoms with van der Waals surface area (Å²) in [5, 5.41) is 6.53. The number of hydrogen-bond acceptors (Lipinski definition) is 3. The molecule has 0 aromatic rings. The maximum atomic E-state index is 12.2. The highest BCUT2D eigenvalue weighted by Gasteiger charge is 2.23. The van der Waals surface area contributed by atoms with E-state index in [1.165, 1.54) is 0 Å². The predicted molar refractivity (Wildman–Crippen MR) is 75.5 cm³/mol. The normalized spacial score (nSPS) is 22.2. The fourth-order valence-electron chi connectivity index (χ4n) is 2.58. The van der Waals surface area contributed by atoms with Gasteiger partial charge in [-0.05, 0) is 45.8 Å². The van der Waals surface area contributed by atoms with Gasteiger partial charge in [0.25, 0.3) is 0 Å². The first-order valence-corrected chi connectivity index (χ1v) is 7.15. The van der Waals surface area contributed by atoms with E-state index < -0.39 is 0 Å². The van der Waals surface area contributed by atoms with Gasteiger partial charge in [-0.2, -0.15) is 0 Å². The Morgan fingerprint density at radius 3 is 2.67 bits per heavy atom. The Balaban J connectivity index is 2.44. The van der Waals surface area contributed by atoms with Crippen LogP contribution in [-0.4, -0.2) is 50.6 Å². The van der Waals surface area contributed by atoms with Crippen molar-refractivity contribution in [3.05, 3.63) is 0 Å². The topological polar surface area (TPSA) is 44.4 Å². The summed E-state index contributed by atoms with van der Waals surface area (Å²) in [6.45, 7) is 7.22. The summed E-state index contributed by atoms with van der Waals surface area (Å²) in [6, 6.07) is 0.273. The van der Waals surface area contributed by atoms with Crippen LogP contribution in [0.2, 0.25) is 0 Å². The van der Waals surface area contributed by atoms with Crippen molar-refractivity contribution in [1.82, 2.24) is 15.5 Å². The Morgan fingerprint density at radius 1 is 1.44 bits per heavy atom. The largest absolute Gasteiger partial charge is 0.352 e. The van der Waals surface area contributed by atoms with Gasteiger partial charge in [-0.1, -0.05) is 13.8 Å². The lowest BCUT2D eigenvalue weighted by atomic mass is 9.97. The van der Waals surface area contributed by atoms with E-state index in [2.05, 4.69) is 43.5 Å². The van der Waals surface area contributed by atoms with Crippen molar-refractivity contribution in [3.8, 4) is 0 Å². The number of hydrogen-bond donors (Lipinski definition) is 2. The molecule has 1 rings (SSSR count). The van der Waals surface area contributed by atoms with Crippen LogP contribution in [0, 0.1) is 11.8 Å². The summed E-state index contributed by atoms with van der Waals surface area (Å²) in [5.41, 5.74) is 0. The lowest BCUT2D eigenvalue weighted by Crippen LogP contribution is -2.48. The van der Waals surface area contributed by atoms with Crippen LogP contribution in [0.1, 0.15) is 33.1 Å². The number of piperidine rings is 1. The van der Waals surface area contributed by atoms with E-state index in [4.69, 9.17) is 0 Å². The maximum Gasteiger partial charge on any atom is 0.224 e. The van der Waals surface area contributed by atoms with E-state index in [1.807, 2.05) is 0 Å². The summed E-state index contributed by atoms with van der Waals surface area (Å²) in [7, 11) is 4.11. The smallest absolute Gasteiger partial charge is 0.224 e. The van der Waals surface area contributed by atoms with Gasteiger partial charge < -0.3 is 15.5 Å². The van der Waals surface area contributed by atoms with Crippen LogP contribution in [0.4, 0.5) is 0 Å². The van der Waals surface area contributed by atoms with E-state index in [1.54, 1.807) is 0 Å². The monoisotopic (exact) mass is 255 g/mol. The van der Waals surface area contributed by atoms with Gasteiger partial charge >= 0.3 is 0 Å². The van der Waals surface area contributed by atoms with Crippen molar-refractivity contribution in [2.75, 3.05) is 33.7 Å². The van der Waals surface area contributed by atoms with Crippen molar-refractivity contribution in [2.45, 2.75) is 39.2 Å². The molecule has 1 fully saturated rings. The highest BCUT2D eigenvalue weighted by molar-refractivity contribution is 5.79. The lowest BCUT2D eigenvalue weighted by Gasteiger charge is -2.28. The summed E-state index contributed by atoms with van der Waals surface area (Å²) in [4.78, 5) is 14.3. The molecule has 0 bridgehead atoms. The zero-order valence-corrected chi connectivity index (χ0v) is 12.3. The summed E-state index contributed by atoms with van der Waals surface area (Å²) < 4.78 is 0. The fourth-order valence-corrected chi connectivity index (χ4v) is 2.58. The van der Waals surface area contributed by atoms with Crippen molar-refractivity contribution in [1.29, 1.82) is 0 Å². The minimum Gasteiger partial charge on any atom is -0.352 e. The summed E-state index contributed by atoms with van der Waals surface area (Å²) in [5.74, 6) is 1.00. The third-order valence-corrected chi connectivity index (χ3v) is 3.36. The van der Waals surface area contributed by atoms with Crippen molar-refractivity contribution in [3.63, 3.8) is 0 Å². The Morgan fingerprint density at radius 2 is 2.17 bits per heavy atom. The first kappa shape index (κ1) is 15.4. The number of carbonyl (C=O) groups excluding carboxylic acids is 1. The molecule has 0 spiro atoms. The van der Waals surface area contributed by atoms with Crippen LogP contribution in [0.25, 0.3) is 0 Å². The molecule has 1 unspecified atom stereocenters. The molecule has 2 atom stereocenters. The van der Waals surface area contributed by atoms with Crippen LogP contribution in [-0.2, 0) is 4.79 Å². The minimum atomic E-state index is 0.163. The van der Waals surface area contributed by atoms with Crippen molar-refractivity contribution in [2.24, 2.45) is 11.8 Å². The molecule has 18 heavy (non-hydrogen) atoms. The lowest BCUT2D eigenvalue weighted by molar-refractivity contribution is -0.126. The second-order valence-corrected chi connectivity index (χ2v) is 6.14. The van der Waals surface area contributed by atoms with Gasteiger partial charge in [-0.25, -0.2) is 0 Å². The molecule has 0 aromatic heterocycles. The quantitative estimate of drug-likeness (QED) is 0.746. The second-order valence-electron chi connectivity index (χ2n) is 6.14. The van der Waals surface area contributed by atoms with Crippen molar-refractivity contribution >= 4 is 5.91 Å². The molecule has 4 heteroatoms. The zero-order valence-electron chi connectivity index (χ0n) is 12.3. The van der Waals surface area contributed by atoms with Gasteiger partial charge in [-0.15, -0.1) is 0 Å². The Bertz CT molecular complexity index is 237. The van der Waals surface area contributed by atoms with Crippen LogP contribution in [0.5, 0.6) is 0 Å². The molecule has 0 aliphatic carbocycles. The highest BCUT2D eigenvalue weighted by atomic mass is 16.2. The Kier molecular flexibility index (Phi) is 6.65. The second kappa shape index (κ2) is 7.74. The molecular weight excluding hydrogens is 226 g/mol. The fraction of sp³-hybridized carbons (Fsp3) is 0.929. The molecule has 106 valence electrons. The Labute approximate surface area is 111 Å². The number of rotatable bonds is 6. The molecule has 0 aromatic carbocycles. The van der Waals surface area contributed by atoms with E-state index in [9.17, 15) is 4.79 Å². The zero-order chi connectivity index (χ0) is 13.5. The summed E-state index contributed by atoms with van der Waals surface area (Å²) in [6.07, 6.45) is 3.18. The Hall–Kier alpha value is -0.610. The van der Waals surface area contributed by atoms with Gasteiger partial charge in [0.15, 0.2) is 0 Å². The molecule has 2 N–H and O–H groups in total. The number of carbonyl (C=O) groups is 1. The van der Waals surface area contributed by atoms with Gasteiger partial charge in [0.05, 0.1) is 5.92 Å². The first-order valence-electron chi connectivity index (χ1n) is 7.15. The first-order chi connectivity index (χ1) is 8.49. The number of nitrogens with one attached hydrogen (secondary N) is 2. The van der Waals surface area contributed by atoms with Crippen LogP contribution >= 0.6 is 0 Å². The highest BCUT2D eigenvalue weighted by Crippen LogP contribution is 2.12. The third-order valence-electron chi connectivity index (χ3n) is 3.36. The molecule has 1 heterocycles. The average molecular weight is 255 g/mol.